The van der Waals surface area contributed by atoms with E-state index in [1.165, 1.54) is 11.8 Å². The van der Waals surface area contributed by atoms with Crippen LogP contribution in [0, 0.1) is 6.92 Å². The molecule has 0 unspecified atom stereocenters. The molecule has 3 aliphatic heterocycles. The van der Waals surface area contributed by atoms with E-state index in [0.717, 1.165) is 10.5 Å². The maximum Gasteiger partial charge on any atom is 0.187 e. The molecule has 186 valence electrons. The Kier molecular flexibility index (Phi) is 7.68. The number of fused-ring (bicyclic) bond motifs is 1. The molecule has 10 atom stereocenters. The van der Waals surface area contributed by atoms with Gasteiger partial charge in [0, 0.05) is 4.90 Å². The van der Waals surface area contributed by atoms with Crippen LogP contribution < -0.4 is 0 Å². The number of thioether (sulfide) groups is 1. The van der Waals surface area contributed by atoms with E-state index in [4.69, 9.17) is 23.7 Å². The van der Waals surface area contributed by atoms with Gasteiger partial charge in [0.05, 0.1) is 13.2 Å². The van der Waals surface area contributed by atoms with E-state index >= 15 is 0 Å². The number of hydrogen-bond donors (Lipinski definition) is 5. The minimum absolute atomic E-state index is 0.405. The molecule has 0 bridgehead atoms. The van der Waals surface area contributed by atoms with Crippen molar-refractivity contribution in [3.05, 3.63) is 29.8 Å². The first-order valence-electron chi connectivity index (χ1n) is 10.9. The van der Waals surface area contributed by atoms with Gasteiger partial charge in [-0.25, -0.2) is 0 Å². The normalized spacial score (nSPS) is 42.8. The van der Waals surface area contributed by atoms with Crippen molar-refractivity contribution in [3.63, 3.8) is 0 Å². The van der Waals surface area contributed by atoms with Crippen molar-refractivity contribution >= 4 is 11.8 Å². The SMILES string of the molecule is Cc1ccc(S[C@@H]2O[C@H](CO)[C@H](O[C@@H]3O[C@H](CO)[C@@H]4OC(C)(C)O[C@H]4[C@H]3O)[C@@H](O)[C@H]2O)cc1. The van der Waals surface area contributed by atoms with E-state index in [2.05, 4.69) is 0 Å². The molecule has 0 aromatic heterocycles. The Bertz CT molecular complexity index is 790. The smallest absolute Gasteiger partial charge is 0.187 e. The number of ether oxygens (including phenoxy) is 5. The van der Waals surface area contributed by atoms with Gasteiger partial charge in [0.2, 0.25) is 0 Å². The largest absolute Gasteiger partial charge is 0.394 e. The molecule has 0 aliphatic carbocycles. The highest BCUT2D eigenvalue weighted by atomic mass is 32.2. The summed E-state index contributed by atoms with van der Waals surface area (Å²) in [5.74, 6) is -0.986. The summed E-state index contributed by atoms with van der Waals surface area (Å²) in [5, 5.41) is 52.0. The van der Waals surface area contributed by atoms with E-state index in [1.807, 2.05) is 31.2 Å². The van der Waals surface area contributed by atoms with Crippen LogP contribution in [-0.4, -0.2) is 105 Å². The summed E-state index contributed by atoms with van der Waals surface area (Å²) in [7, 11) is 0. The zero-order chi connectivity index (χ0) is 23.9. The predicted molar refractivity (Wildman–Crippen MR) is 115 cm³/mol. The Morgan fingerprint density at radius 2 is 1.52 bits per heavy atom. The lowest BCUT2D eigenvalue weighted by atomic mass is 9.97. The summed E-state index contributed by atoms with van der Waals surface area (Å²) >= 11 is 1.22. The molecule has 0 spiro atoms. The van der Waals surface area contributed by atoms with Crippen LogP contribution in [0.5, 0.6) is 0 Å². The van der Waals surface area contributed by atoms with E-state index in [-0.39, 0.29) is 0 Å². The molecule has 0 saturated carbocycles. The van der Waals surface area contributed by atoms with Crippen molar-refractivity contribution in [2.24, 2.45) is 0 Å². The van der Waals surface area contributed by atoms with Gasteiger partial charge in [-0.15, -0.1) is 0 Å². The number of benzene rings is 1. The highest BCUT2D eigenvalue weighted by Gasteiger charge is 2.56. The zero-order valence-electron chi connectivity index (χ0n) is 18.7. The molecule has 3 saturated heterocycles. The Morgan fingerprint density at radius 3 is 2.15 bits per heavy atom. The Labute approximate surface area is 196 Å². The fourth-order valence-corrected chi connectivity index (χ4v) is 5.40. The standard InChI is InChI=1S/C22H32O10S/c1-10-4-6-11(7-5-10)33-21-15(26)14(25)17(12(8-23)29-21)30-20-16(27)19-18(13(9-24)28-20)31-22(2,3)32-19/h4-7,12-21,23-27H,8-9H2,1-3H3/t12-,13-,14+,15-,16-,17+,18+,19+,20+,21+/m1/s1. The fraction of sp³-hybridized carbons (Fsp3) is 0.727. The van der Waals surface area contributed by atoms with Gasteiger partial charge in [0.15, 0.2) is 12.1 Å². The Hall–Kier alpha value is -0.830. The first-order valence-corrected chi connectivity index (χ1v) is 11.8. The van der Waals surface area contributed by atoms with Crippen LogP contribution in [0.25, 0.3) is 0 Å². The third kappa shape index (κ3) is 5.24. The van der Waals surface area contributed by atoms with Gasteiger partial charge in [-0.2, -0.15) is 0 Å². The van der Waals surface area contributed by atoms with Crippen LogP contribution in [0.4, 0.5) is 0 Å². The van der Waals surface area contributed by atoms with Crippen molar-refractivity contribution in [2.75, 3.05) is 13.2 Å². The molecule has 4 rings (SSSR count). The van der Waals surface area contributed by atoms with Crippen molar-refractivity contribution < 1.29 is 49.2 Å². The van der Waals surface area contributed by atoms with Gasteiger partial charge in [-0.05, 0) is 32.9 Å². The first-order chi connectivity index (χ1) is 15.6. The second kappa shape index (κ2) is 10.0. The number of hydrogen-bond acceptors (Lipinski definition) is 11. The lowest BCUT2D eigenvalue weighted by molar-refractivity contribution is -0.327. The molecule has 0 radical (unpaired) electrons. The third-order valence-corrected chi connectivity index (χ3v) is 7.19. The van der Waals surface area contributed by atoms with Crippen molar-refractivity contribution in [2.45, 2.75) is 92.0 Å². The van der Waals surface area contributed by atoms with E-state index in [1.54, 1.807) is 13.8 Å². The van der Waals surface area contributed by atoms with Crippen LogP contribution in [0.2, 0.25) is 0 Å². The minimum Gasteiger partial charge on any atom is -0.394 e. The van der Waals surface area contributed by atoms with E-state index < -0.39 is 79.6 Å². The second-order valence-corrected chi connectivity index (χ2v) is 10.2. The number of rotatable bonds is 6. The third-order valence-electron chi connectivity index (χ3n) is 6.02. The predicted octanol–water partition coefficient (Wildman–Crippen LogP) is -0.490. The summed E-state index contributed by atoms with van der Waals surface area (Å²) in [6.07, 6.45) is -9.96. The molecule has 0 amide bonds. The van der Waals surface area contributed by atoms with Crippen LogP contribution in [-0.2, 0) is 23.7 Å². The Morgan fingerprint density at radius 1 is 0.879 bits per heavy atom. The van der Waals surface area contributed by atoms with Crippen molar-refractivity contribution in [1.29, 1.82) is 0 Å². The molecule has 3 fully saturated rings. The summed E-state index contributed by atoms with van der Waals surface area (Å²) in [5.41, 5.74) is 0.236. The first kappa shape index (κ1) is 25.3. The van der Waals surface area contributed by atoms with Gasteiger partial charge in [-0.1, -0.05) is 29.5 Å². The topological polar surface area (TPSA) is 147 Å². The molecule has 11 heteroatoms. The number of aliphatic hydroxyl groups is 5. The van der Waals surface area contributed by atoms with Crippen LogP contribution in [0.3, 0.4) is 0 Å². The minimum atomic E-state index is -1.43. The number of aliphatic hydroxyl groups excluding tert-OH is 5. The monoisotopic (exact) mass is 488 g/mol. The van der Waals surface area contributed by atoms with Gasteiger partial charge < -0.3 is 49.2 Å². The maximum atomic E-state index is 10.8. The zero-order valence-corrected chi connectivity index (χ0v) is 19.5. The number of aryl methyl sites for hydroxylation is 1. The van der Waals surface area contributed by atoms with Gasteiger partial charge in [0.25, 0.3) is 0 Å². The highest BCUT2D eigenvalue weighted by molar-refractivity contribution is 7.99. The average molecular weight is 489 g/mol. The molecule has 10 nitrogen and oxygen atoms in total. The molecule has 1 aromatic rings. The molecule has 3 aliphatic rings. The quantitative estimate of drug-likeness (QED) is 0.353. The Balaban J connectivity index is 1.46. The summed E-state index contributed by atoms with van der Waals surface area (Å²) < 4.78 is 28.9. The molecule has 5 N–H and O–H groups in total. The van der Waals surface area contributed by atoms with E-state index in [0.29, 0.717) is 0 Å². The summed E-state index contributed by atoms with van der Waals surface area (Å²) in [4.78, 5) is 0.830. The van der Waals surface area contributed by atoms with Crippen molar-refractivity contribution in [3.8, 4) is 0 Å². The summed E-state index contributed by atoms with van der Waals surface area (Å²) in [6.45, 7) is 4.43. The average Bonchev–Trinajstić information content (AvgIpc) is 3.12. The van der Waals surface area contributed by atoms with Crippen LogP contribution in [0.1, 0.15) is 19.4 Å². The lowest BCUT2D eigenvalue weighted by Gasteiger charge is -2.45. The van der Waals surface area contributed by atoms with Crippen LogP contribution >= 0.6 is 11.8 Å². The van der Waals surface area contributed by atoms with Gasteiger partial charge in [0.1, 0.15) is 54.3 Å². The molecule has 33 heavy (non-hydrogen) atoms. The summed E-state index contributed by atoms with van der Waals surface area (Å²) in [6, 6.07) is 7.60. The van der Waals surface area contributed by atoms with Crippen molar-refractivity contribution in [1.82, 2.24) is 0 Å². The molecular formula is C22H32O10S. The van der Waals surface area contributed by atoms with Crippen LogP contribution in [0.15, 0.2) is 29.2 Å². The van der Waals surface area contributed by atoms with Gasteiger partial charge in [-0.3, -0.25) is 0 Å². The molecule has 1 aromatic carbocycles. The second-order valence-electron chi connectivity index (χ2n) is 9.02. The lowest BCUT2D eigenvalue weighted by Crippen LogP contribution is -2.63. The maximum absolute atomic E-state index is 10.8. The van der Waals surface area contributed by atoms with E-state index in [9.17, 15) is 25.5 Å². The molecule has 3 heterocycles. The van der Waals surface area contributed by atoms with Gasteiger partial charge >= 0.3 is 0 Å². The fourth-order valence-electron chi connectivity index (χ4n) is 4.34. The molecular weight excluding hydrogens is 456 g/mol. The highest BCUT2D eigenvalue weighted by Crippen LogP contribution is 2.40.